The van der Waals surface area contributed by atoms with Gasteiger partial charge in [0, 0.05) is 34.1 Å². The number of nitrogens with zero attached hydrogens (tertiary/aromatic N) is 1. The lowest BCUT2D eigenvalue weighted by molar-refractivity contribution is -0.124. The quantitative estimate of drug-likeness (QED) is 0.454. The smallest absolute Gasteiger partial charge is 0.240 e. The number of halogens is 2. The van der Waals surface area contributed by atoms with Gasteiger partial charge in [-0.1, -0.05) is 29.3 Å². The molecule has 2 aromatic rings. The van der Waals surface area contributed by atoms with Crippen LogP contribution in [0.15, 0.2) is 41.5 Å². The summed E-state index contributed by atoms with van der Waals surface area (Å²) >= 11 is 12.0. The number of ether oxygens (including phenoxy) is 1. The molecule has 0 bridgehead atoms. The van der Waals surface area contributed by atoms with Gasteiger partial charge in [-0.05, 0) is 56.7 Å². The Bertz CT molecular complexity index is 914. The summed E-state index contributed by atoms with van der Waals surface area (Å²) in [6, 6.07) is 10.4. The highest BCUT2D eigenvalue weighted by atomic mass is 35.5. The number of amides is 2. The second kappa shape index (κ2) is 10.8. The molecule has 29 heavy (non-hydrogen) atoms. The summed E-state index contributed by atoms with van der Waals surface area (Å²) in [7, 11) is 0. The summed E-state index contributed by atoms with van der Waals surface area (Å²) in [5.74, 6) is -0.0586. The van der Waals surface area contributed by atoms with Crippen molar-refractivity contribution >= 4 is 46.9 Å². The van der Waals surface area contributed by atoms with Crippen molar-refractivity contribution < 1.29 is 14.3 Å². The van der Waals surface area contributed by atoms with Crippen molar-refractivity contribution in [2.75, 3.05) is 5.32 Å². The van der Waals surface area contributed by atoms with E-state index in [0.29, 0.717) is 27.0 Å². The molecule has 2 N–H and O–H groups in total. The van der Waals surface area contributed by atoms with Crippen LogP contribution in [0.2, 0.25) is 10.0 Å². The molecule has 6 nitrogen and oxygen atoms in total. The van der Waals surface area contributed by atoms with E-state index >= 15 is 0 Å². The van der Waals surface area contributed by atoms with Gasteiger partial charge in [-0.2, -0.15) is 5.10 Å². The summed E-state index contributed by atoms with van der Waals surface area (Å²) in [6.45, 7) is 5.69. The van der Waals surface area contributed by atoms with Gasteiger partial charge in [0.1, 0.15) is 5.75 Å². The lowest BCUT2D eigenvalue weighted by Gasteiger charge is -2.12. The van der Waals surface area contributed by atoms with Crippen LogP contribution in [0.5, 0.6) is 5.75 Å². The van der Waals surface area contributed by atoms with Gasteiger partial charge >= 0.3 is 0 Å². The maximum absolute atomic E-state index is 12.0. The zero-order valence-corrected chi connectivity index (χ0v) is 18.0. The molecule has 8 heteroatoms. The second-order valence-electron chi connectivity index (χ2n) is 6.65. The van der Waals surface area contributed by atoms with Gasteiger partial charge in [-0.25, -0.2) is 5.43 Å². The molecular weight excluding hydrogens is 413 g/mol. The predicted octanol–water partition coefficient (Wildman–Crippen LogP) is 4.96. The number of hydrogen-bond donors (Lipinski definition) is 2. The monoisotopic (exact) mass is 435 g/mol. The summed E-state index contributed by atoms with van der Waals surface area (Å²) in [5.41, 5.74) is 4.54. The largest absolute Gasteiger partial charge is 0.490 e. The first-order valence-electron chi connectivity index (χ1n) is 9.08. The standard InChI is InChI=1S/C21H23Cl2N3O3/c1-13(2)29-19-7-5-16(22)10-15(19)12-24-26-21(28)9-8-20(27)25-17-6-4-14(3)18(23)11-17/h4-7,10-13H,8-9H2,1-3H3,(H,25,27)(H,26,28). The lowest BCUT2D eigenvalue weighted by Crippen LogP contribution is -2.20. The van der Waals surface area contributed by atoms with E-state index in [9.17, 15) is 9.59 Å². The van der Waals surface area contributed by atoms with Crippen LogP contribution in [-0.4, -0.2) is 24.1 Å². The number of rotatable bonds is 8. The maximum Gasteiger partial charge on any atom is 0.240 e. The Morgan fingerprint density at radius 1 is 1.10 bits per heavy atom. The number of nitrogens with one attached hydrogen (secondary N) is 2. The molecule has 2 aromatic carbocycles. The Balaban J connectivity index is 1.84. The van der Waals surface area contributed by atoms with Crippen LogP contribution in [0.1, 0.15) is 37.8 Å². The molecule has 0 unspecified atom stereocenters. The molecule has 2 rings (SSSR count). The minimum Gasteiger partial charge on any atom is -0.490 e. The Morgan fingerprint density at radius 3 is 2.52 bits per heavy atom. The van der Waals surface area contributed by atoms with Crippen molar-refractivity contribution in [3.63, 3.8) is 0 Å². The van der Waals surface area contributed by atoms with Crippen LogP contribution < -0.4 is 15.5 Å². The van der Waals surface area contributed by atoms with Crippen LogP contribution in [0, 0.1) is 6.92 Å². The van der Waals surface area contributed by atoms with E-state index in [1.807, 2.05) is 26.8 Å². The number of anilines is 1. The number of hydrogen-bond acceptors (Lipinski definition) is 4. The third-order valence-electron chi connectivity index (χ3n) is 3.76. The SMILES string of the molecule is Cc1ccc(NC(=O)CCC(=O)NN=Cc2cc(Cl)ccc2OC(C)C)cc1Cl. The van der Waals surface area contributed by atoms with Crippen LogP contribution in [0.4, 0.5) is 5.69 Å². The van der Waals surface area contributed by atoms with Gasteiger partial charge < -0.3 is 10.1 Å². The molecule has 0 atom stereocenters. The molecule has 0 fully saturated rings. The first kappa shape index (κ1) is 22.7. The number of benzene rings is 2. The fourth-order valence-corrected chi connectivity index (χ4v) is 2.69. The molecule has 0 aliphatic heterocycles. The Morgan fingerprint density at radius 2 is 1.83 bits per heavy atom. The van der Waals surface area contributed by atoms with Gasteiger partial charge in [-0.3, -0.25) is 9.59 Å². The summed E-state index contributed by atoms with van der Waals surface area (Å²) in [5, 5.41) is 7.72. The third kappa shape index (κ3) is 7.75. The normalized spacial score (nSPS) is 11.0. The third-order valence-corrected chi connectivity index (χ3v) is 4.40. The second-order valence-corrected chi connectivity index (χ2v) is 7.50. The van der Waals surface area contributed by atoms with Crippen LogP contribution in [-0.2, 0) is 9.59 Å². The summed E-state index contributed by atoms with van der Waals surface area (Å²) in [4.78, 5) is 23.9. The molecule has 0 heterocycles. The van der Waals surface area contributed by atoms with Crippen molar-refractivity contribution in [2.24, 2.45) is 5.10 Å². The number of carbonyl (C=O) groups is 2. The Kier molecular flexibility index (Phi) is 8.49. The van der Waals surface area contributed by atoms with Gasteiger partial charge in [0.25, 0.3) is 0 Å². The average Bonchev–Trinajstić information content (AvgIpc) is 2.65. The molecule has 0 saturated heterocycles. The first-order valence-corrected chi connectivity index (χ1v) is 9.84. The molecule has 0 aliphatic rings. The minimum atomic E-state index is -0.383. The van der Waals surface area contributed by atoms with Crippen molar-refractivity contribution in [3.8, 4) is 5.75 Å². The minimum absolute atomic E-state index is 0.00629. The molecule has 154 valence electrons. The molecular formula is C21H23Cl2N3O3. The van der Waals surface area contributed by atoms with Crippen molar-refractivity contribution in [2.45, 2.75) is 39.7 Å². The van der Waals surface area contributed by atoms with E-state index in [1.165, 1.54) is 6.21 Å². The van der Waals surface area contributed by atoms with Gasteiger partial charge in [0.2, 0.25) is 11.8 Å². The average molecular weight is 436 g/mol. The summed E-state index contributed by atoms with van der Waals surface area (Å²) in [6.07, 6.45) is 1.45. The highest BCUT2D eigenvalue weighted by Crippen LogP contribution is 2.22. The fraction of sp³-hybridized carbons (Fsp3) is 0.286. The Labute approximate surface area is 180 Å². The van der Waals surface area contributed by atoms with Crippen molar-refractivity contribution in [3.05, 3.63) is 57.6 Å². The van der Waals surface area contributed by atoms with E-state index in [1.54, 1.807) is 30.3 Å². The first-order chi connectivity index (χ1) is 13.7. The van der Waals surface area contributed by atoms with Gasteiger partial charge in [-0.15, -0.1) is 0 Å². The number of carbonyl (C=O) groups excluding carboxylic acids is 2. The van der Waals surface area contributed by atoms with Crippen molar-refractivity contribution in [1.82, 2.24) is 5.43 Å². The van der Waals surface area contributed by atoms with E-state index in [-0.39, 0.29) is 30.8 Å². The number of aryl methyl sites for hydroxylation is 1. The van der Waals surface area contributed by atoms with Crippen LogP contribution in [0.25, 0.3) is 0 Å². The van der Waals surface area contributed by atoms with Crippen LogP contribution in [0.3, 0.4) is 0 Å². The molecule has 0 radical (unpaired) electrons. The predicted molar refractivity (Wildman–Crippen MR) is 117 cm³/mol. The summed E-state index contributed by atoms with van der Waals surface area (Å²) < 4.78 is 5.68. The number of hydrazone groups is 1. The zero-order valence-electron chi connectivity index (χ0n) is 16.5. The highest BCUT2D eigenvalue weighted by Gasteiger charge is 2.08. The van der Waals surface area contributed by atoms with E-state index < -0.39 is 0 Å². The molecule has 0 aromatic heterocycles. The van der Waals surface area contributed by atoms with E-state index in [4.69, 9.17) is 27.9 Å². The van der Waals surface area contributed by atoms with Crippen molar-refractivity contribution in [1.29, 1.82) is 0 Å². The molecule has 2 amide bonds. The van der Waals surface area contributed by atoms with E-state index in [2.05, 4.69) is 15.8 Å². The van der Waals surface area contributed by atoms with Crippen LogP contribution >= 0.6 is 23.2 Å². The van der Waals surface area contributed by atoms with E-state index in [0.717, 1.165) is 5.56 Å². The highest BCUT2D eigenvalue weighted by molar-refractivity contribution is 6.31. The topological polar surface area (TPSA) is 79.8 Å². The van der Waals surface area contributed by atoms with Gasteiger partial charge in [0.15, 0.2) is 0 Å². The fourth-order valence-electron chi connectivity index (χ4n) is 2.33. The molecule has 0 saturated carbocycles. The lowest BCUT2D eigenvalue weighted by atomic mass is 10.2. The maximum atomic E-state index is 12.0. The zero-order chi connectivity index (χ0) is 21.4. The molecule has 0 spiro atoms. The molecule has 0 aliphatic carbocycles. The Hall–Kier alpha value is -2.57. The van der Waals surface area contributed by atoms with Gasteiger partial charge in [0.05, 0.1) is 12.3 Å².